The second kappa shape index (κ2) is 7.44. The maximum Gasteiger partial charge on any atom is 0.301 e. The Kier molecular flexibility index (Phi) is 5.07. The largest absolute Gasteiger partial charge is 0.502 e. The summed E-state index contributed by atoms with van der Waals surface area (Å²) in [5, 5.41) is 10.3. The fourth-order valence-corrected chi connectivity index (χ4v) is 2.83. The highest BCUT2D eigenvalue weighted by molar-refractivity contribution is 6.44. The SMILES string of the molecule is CCCOc1ccc(C2=C(O)C(=O)N(c3ccc(CC)cc3)C2=O)cc1. The average molecular weight is 351 g/mol. The lowest BCUT2D eigenvalue weighted by Gasteiger charge is -2.15. The summed E-state index contributed by atoms with van der Waals surface area (Å²) >= 11 is 0. The van der Waals surface area contributed by atoms with Gasteiger partial charge in [0, 0.05) is 0 Å². The molecule has 0 bridgehead atoms. The van der Waals surface area contributed by atoms with Crippen molar-refractivity contribution in [1.29, 1.82) is 0 Å². The van der Waals surface area contributed by atoms with Crippen LogP contribution < -0.4 is 9.64 Å². The monoisotopic (exact) mass is 351 g/mol. The molecule has 0 saturated heterocycles. The Balaban J connectivity index is 1.88. The van der Waals surface area contributed by atoms with Gasteiger partial charge in [-0.15, -0.1) is 0 Å². The van der Waals surface area contributed by atoms with Crippen molar-refractivity contribution in [3.8, 4) is 5.75 Å². The van der Waals surface area contributed by atoms with Crippen molar-refractivity contribution in [2.75, 3.05) is 11.5 Å². The predicted molar refractivity (Wildman–Crippen MR) is 100 cm³/mol. The van der Waals surface area contributed by atoms with Crippen molar-refractivity contribution in [3.63, 3.8) is 0 Å². The van der Waals surface area contributed by atoms with Gasteiger partial charge in [-0.3, -0.25) is 9.59 Å². The number of imide groups is 1. The van der Waals surface area contributed by atoms with Crippen LogP contribution in [0.25, 0.3) is 5.57 Å². The molecule has 26 heavy (non-hydrogen) atoms. The van der Waals surface area contributed by atoms with Crippen molar-refractivity contribution >= 4 is 23.1 Å². The molecule has 2 aromatic carbocycles. The number of anilines is 1. The standard InChI is InChI=1S/C21H21NO4/c1-3-13-26-17-11-7-15(8-12-17)18-19(23)21(25)22(20(18)24)16-9-5-14(4-2)6-10-16/h5-12,23H,3-4,13H2,1-2H3. The van der Waals surface area contributed by atoms with Crippen LogP contribution in [0, 0.1) is 0 Å². The summed E-state index contributed by atoms with van der Waals surface area (Å²) in [6.07, 6.45) is 1.76. The van der Waals surface area contributed by atoms with Gasteiger partial charge in [-0.1, -0.05) is 38.1 Å². The summed E-state index contributed by atoms with van der Waals surface area (Å²) in [6, 6.07) is 14.0. The Morgan fingerprint density at radius 1 is 0.923 bits per heavy atom. The number of carbonyl (C=O) groups is 2. The highest BCUT2D eigenvalue weighted by atomic mass is 16.5. The molecule has 2 aromatic rings. The van der Waals surface area contributed by atoms with Crippen LogP contribution >= 0.6 is 0 Å². The predicted octanol–water partition coefficient (Wildman–Crippen LogP) is 3.88. The number of carbonyl (C=O) groups excluding carboxylic acids is 2. The Hall–Kier alpha value is -3.08. The van der Waals surface area contributed by atoms with E-state index in [0.29, 0.717) is 23.6 Å². The van der Waals surface area contributed by atoms with Gasteiger partial charge >= 0.3 is 5.91 Å². The molecule has 0 aromatic heterocycles. The van der Waals surface area contributed by atoms with Gasteiger partial charge in [0.05, 0.1) is 17.9 Å². The number of hydrogen-bond acceptors (Lipinski definition) is 4. The lowest BCUT2D eigenvalue weighted by atomic mass is 10.1. The molecule has 2 amide bonds. The number of ether oxygens (including phenoxy) is 1. The number of aliphatic hydroxyl groups is 1. The van der Waals surface area contributed by atoms with Crippen LogP contribution in [-0.4, -0.2) is 23.5 Å². The summed E-state index contributed by atoms with van der Waals surface area (Å²) in [6.45, 7) is 4.65. The fraction of sp³-hybridized carbons (Fsp3) is 0.238. The fourth-order valence-electron chi connectivity index (χ4n) is 2.83. The van der Waals surface area contributed by atoms with Crippen molar-refractivity contribution in [2.24, 2.45) is 0 Å². The third-order valence-electron chi connectivity index (χ3n) is 4.28. The second-order valence-electron chi connectivity index (χ2n) is 6.06. The van der Waals surface area contributed by atoms with Crippen molar-refractivity contribution < 1.29 is 19.4 Å². The highest BCUT2D eigenvalue weighted by Gasteiger charge is 2.40. The van der Waals surface area contributed by atoms with Crippen LogP contribution in [0.4, 0.5) is 5.69 Å². The average Bonchev–Trinajstić information content (AvgIpc) is 2.89. The van der Waals surface area contributed by atoms with E-state index in [2.05, 4.69) is 0 Å². The maximum absolute atomic E-state index is 12.8. The summed E-state index contributed by atoms with van der Waals surface area (Å²) < 4.78 is 5.52. The van der Waals surface area contributed by atoms with E-state index in [1.807, 2.05) is 26.0 Å². The molecule has 0 aliphatic carbocycles. The van der Waals surface area contributed by atoms with Crippen LogP contribution in [0.3, 0.4) is 0 Å². The van der Waals surface area contributed by atoms with Crippen molar-refractivity contribution in [2.45, 2.75) is 26.7 Å². The number of rotatable bonds is 6. The van der Waals surface area contributed by atoms with E-state index in [9.17, 15) is 14.7 Å². The van der Waals surface area contributed by atoms with Gasteiger partial charge in [-0.05, 0) is 48.2 Å². The molecule has 1 heterocycles. The van der Waals surface area contributed by atoms with Gasteiger partial charge in [0.15, 0.2) is 5.76 Å². The summed E-state index contributed by atoms with van der Waals surface area (Å²) in [5.41, 5.74) is 2.04. The van der Waals surface area contributed by atoms with E-state index in [0.717, 1.165) is 23.3 Å². The second-order valence-corrected chi connectivity index (χ2v) is 6.06. The lowest BCUT2D eigenvalue weighted by Crippen LogP contribution is -2.31. The van der Waals surface area contributed by atoms with E-state index < -0.39 is 17.6 Å². The molecular weight excluding hydrogens is 330 g/mol. The molecule has 0 radical (unpaired) electrons. The van der Waals surface area contributed by atoms with E-state index in [-0.39, 0.29) is 5.57 Å². The van der Waals surface area contributed by atoms with Crippen LogP contribution in [0.1, 0.15) is 31.4 Å². The molecule has 1 aliphatic heterocycles. The highest BCUT2D eigenvalue weighted by Crippen LogP contribution is 2.32. The van der Waals surface area contributed by atoms with Gasteiger partial charge in [0.25, 0.3) is 5.91 Å². The first-order valence-electron chi connectivity index (χ1n) is 8.71. The summed E-state index contributed by atoms with van der Waals surface area (Å²) in [5.74, 6) is -1.09. The molecule has 0 unspecified atom stereocenters. The molecule has 5 heteroatoms. The van der Waals surface area contributed by atoms with Gasteiger partial charge in [-0.2, -0.15) is 0 Å². The maximum atomic E-state index is 12.8. The number of aryl methyl sites for hydroxylation is 1. The van der Waals surface area contributed by atoms with Crippen LogP contribution in [-0.2, 0) is 16.0 Å². The first kappa shape index (κ1) is 17.7. The number of benzene rings is 2. The normalized spacial score (nSPS) is 14.3. The van der Waals surface area contributed by atoms with Crippen LogP contribution in [0.5, 0.6) is 5.75 Å². The molecule has 0 atom stereocenters. The minimum Gasteiger partial charge on any atom is -0.502 e. The van der Waals surface area contributed by atoms with E-state index in [4.69, 9.17) is 4.74 Å². The van der Waals surface area contributed by atoms with Gasteiger partial charge in [0.2, 0.25) is 0 Å². The third-order valence-corrected chi connectivity index (χ3v) is 4.28. The third kappa shape index (κ3) is 3.20. The molecule has 0 spiro atoms. The first-order chi connectivity index (χ1) is 12.6. The molecular formula is C21H21NO4. The van der Waals surface area contributed by atoms with E-state index in [1.165, 1.54) is 0 Å². The molecule has 1 aliphatic rings. The van der Waals surface area contributed by atoms with Gasteiger partial charge in [-0.25, -0.2) is 4.90 Å². The summed E-state index contributed by atoms with van der Waals surface area (Å²) in [7, 11) is 0. The minimum absolute atomic E-state index is 0.0107. The zero-order valence-corrected chi connectivity index (χ0v) is 14.9. The molecule has 3 rings (SSSR count). The Bertz CT molecular complexity index is 851. The van der Waals surface area contributed by atoms with E-state index >= 15 is 0 Å². The Labute approximate surface area is 152 Å². The molecule has 0 saturated carbocycles. The number of amides is 2. The number of aliphatic hydroxyl groups excluding tert-OH is 1. The lowest BCUT2D eigenvalue weighted by molar-refractivity contribution is -0.121. The topological polar surface area (TPSA) is 66.8 Å². The van der Waals surface area contributed by atoms with Gasteiger partial charge < -0.3 is 9.84 Å². The Morgan fingerprint density at radius 2 is 1.58 bits per heavy atom. The molecule has 1 N–H and O–H groups in total. The zero-order valence-electron chi connectivity index (χ0n) is 14.9. The minimum atomic E-state index is -0.708. The van der Waals surface area contributed by atoms with Crippen LogP contribution in [0.15, 0.2) is 54.3 Å². The quantitative estimate of drug-likeness (QED) is 0.802. The van der Waals surface area contributed by atoms with E-state index in [1.54, 1.807) is 36.4 Å². The van der Waals surface area contributed by atoms with Gasteiger partial charge in [0.1, 0.15) is 5.75 Å². The smallest absolute Gasteiger partial charge is 0.301 e. The molecule has 5 nitrogen and oxygen atoms in total. The van der Waals surface area contributed by atoms with Crippen molar-refractivity contribution in [3.05, 3.63) is 65.4 Å². The Morgan fingerprint density at radius 3 is 2.15 bits per heavy atom. The number of nitrogens with zero attached hydrogens (tertiary/aromatic N) is 1. The first-order valence-corrected chi connectivity index (χ1v) is 8.71. The van der Waals surface area contributed by atoms with Crippen molar-refractivity contribution in [1.82, 2.24) is 0 Å². The number of hydrogen-bond donors (Lipinski definition) is 1. The molecule has 0 fully saturated rings. The zero-order chi connectivity index (χ0) is 18.7. The summed E-state index contributed by atoms with van der Waals surface area (Å²) in [4.78, 5) is 26.2. The molecule has 134 valence electrons. The van der Waals surface area contributed by atoms with Crippen LogP contribution in [0.2, 0.25) is 0 Å².